The summed E-state index contributed by atoms with van der Waals surface area (Å²) >= 11 is 1.35. The number of aryl methyl sites for hydroxylation is 3. The molecule has 0 aliphatic rings. The fourth-order valence-corrected chi connectivity index (χ4v) is 5.17. The van der Waals surface area contributed by atoms with Crippen molar-refractivity contribution in [1.82, 2.24) is 9.55 Å². The first-order chi connectivity index (χ1) is 16.2. The molecule has 176 valence electrons. The molecule has 0 spiro atoms. The second-order valence-electron chi connectivity index (χ2n) is 8.06. The summed E-state index contributed by atoms with van der Waals surface area (Å²) in [6.07, 6.45) is 0.847. The monoisotopic (exact) mass is 494 g/mol. The topological polar surface area (TPSA) is 107 Å². The highest BCUT2D eigenvalue weighted by Gasteiger charge is 2.16. The Hall–Kier alpha value is -3.14. The molecule has 0 aliphatic carbocycles. The summed E-state index contributed by atoms with van der Waals surface area (Å²) in [6.45, 7) is 4.35. The zero-order valence-corrected chi connectivity index (χ0v) is 20.6. The Bertz CT molecular complexity index is 1450. The van der Waals surface area contributed by atoms with Crippen LogP contribution in [0, 0.1) is 13.8 Å². The van der Waals surface area contributed by atoms with Gasteiger partial charge in [-0.2, -0.15) is 0 Å². The normalized spacial score (nSPS) is 11.6. The lowest BCUT2D eigenvalue weighted by atomic mass is 10.1. The van der Waals surface area contributed by atoms with Crippen molar-refractivity contribution in [3.63, 3.8) is 0 Å². The van der Waals surface area contributed by atoms with Crippen LogP contribution in [0.5, 0.6) is 0 Å². The number of fused-ring (bicyclic) bond motifs is 1. The van der Waals surface area contributed by atoms with E-state index < -0.39 is 10.0 Å². The van der Waals surface area contributed by atoms with Gasteiger partial charge in [0.25, 0.3) is 0 Å². The summed E-state index contributed by atoms with van der Waals surface area (Å²) in [5.41, 5.74) is 5.10. The molecule has 9 heteroatoms. The highest BCUT2D eigenvalue weighted by Crippen LogP contribution is 2.27. The Balaban J connectivity index is 1.51. The molecule has 3 N–H and O–H groups in total. The van der Waals surface area contributed by atoms with Gasteiger partial charge in [-0.15, -0.1) is 0 Å². The number of nitrogens with two attached hydrogens (primary N) is 1. The Morgan fingerprint density at radius 3 is 2.50 bits per heavy atom. The van der Waals surface area contributed by atoms with Crippen LogP contribution in [0.1, 0.15) is 16.7 Å². The Morgan fingerprint density at radius 2 is 1.76 bits per heavy atom. The molecule has 0 aliphatic heterocycles. The number of sulfonamides is 1. The molecular formula is C25H26N4O3S2. The molecule has 1 aromatic heterocycles. The number of primary sulfonamides is 1. The number of hydrogen-bond acceptors (Lipinski definition) is 5. The molecule has 0 unspecified atom stereocenters. The molecule has 1 amide bonds. The van der Waals surface area contributed by atoms with Crippen LogP contribution < -0.4 is 10.5 Å². The van der Waals surface area contributed by atoms with E-state index in [9.17, 15) is 13.2 Å². The maximum absolute atomic E-state index is 12.8. The van der Waals surface area contributed by atoms with Crippen molar-refractivity contribution in [3.05, 3.63) is 83.4 Å². The van der Waals surface area contributed by atoms with Crippen molar-refractivity contribution in [3.8, 4) is 0 Å². The average molecular weight is 495 g/mol. The molecule has 3 aromatic carbocycles. The quantitative estimate of drug-likeness (QED) is 0.356. The van der Waals surface area contributed by atoms with Crippen molar-refractivity contribution < 1.29 is 13.2 Å². The average Bonchev–Trinajstić information content (AvgIpc) is 3.16. The molecule has 0 atom stereocenters. The van der Waals surface area contributed by atoms with Crippen molar-refractivity contribution in [2.45, 2.75) is 36.9 Å². The van der Waals surface area contributed by atoms with Gasteiger partial charge in [-0.25, -0.2) is 18.5 Å². The van der Waals surface area contributed by atoms with E-state index in [-0.39, 0.29) is 16.6 Å². The zero-order chi connectivity index (χ0) is 24.3. The fourth-order valence-electron chi connectivity index (χ4n) is 3.70. The van der Waals surface area contributed by atoms with E-state index in [4.69, 9.17) is 10.1 Å². The van der Waals surface area contributed by atoms with E-state index in [1.54, 1.807) is 6.92 Å². The van der Waals surface area contributed by atoms with Crippen LogP contribution in [0.4, 0.5) is 5.69 Å². The Kier molecular flexibility index (Phi) is 7.06. The van der Waals surface area contributed by atoms with Crippen molar-refractivity contribution >= 4 is 44.4 Å². The number of aromatic nitrogens is 2. The number of para-hydroxylation sites is 2. The zero-order valence-electron chi connectivity index (χ0n) is 19.0. The predicted molar refractivity (Wildman–Crippen MR) is 137 cm³/mol. The number of hydrogen-bond donors (Lipinski definition) is 2. The first kappa shape index (κ1) is 24.0. The van der Waals surface area contributed by atoms with Gasteiger partial charge in [-0.3, -0.25) is 4.79 Å². The number of rotatable bonds is 8. The van der Waals surface area contributed by atoms with Gasteiger partial charge in [0, 0.05) is 12.2 Å². The molecular weight excluding hydrogens is 468 g/mol. The lowest BCUT2D eigenvalue weighted by Gasteiger charge is -2.13. The van der Waals surface area contributed by atoms with Crippen LogP contribution in [-0.2, 0) is 27.8 Å². The highest BCUT2D eigenvalue weighted by atomic mass is 32.2. The van der Waals surface area contributed by atoms with Crippen LogP contribution in [-0.4, -0.2) is 29.6 Å². The summed E-state index contributed by atoms with van der Waals surface area (Å²) in [4.78, 5) is 17.5. The van der Waals surface area contributed by atoms with Gasteiger partial charge < -0.3 is 9.88 Å². The van der Waals surface area contributed by atoms with Crippen LogP contribution in [0.2, 0.25) is 0 Å². The standard InChI is InChI=1S/C25H26N4O3S2/c1-17-14-20(34(26,31)32)15-22(18(17)2)27-24(30)16-33-25-28-21-10-6-7-11-23(21)29(25)13-12-19-8-4-3-5-9-19/h3-11,14-15H,12-13,16H2,1-2H3,(H,27,30)(H2,26,31,32). The van der Waals surface area contributed by atoms with E-state index in [0.717, 1.165) is 40.3 Å². The molecule has 0 bridgehead atoms. The number of thioether (sulfide) groups is 1. The molecule has 4 aromatic rings. The molecule has 0 saturated carbocycles. The number of carbonyl (C=O) groups is 1. The third-order valence-corrected chi connectivity index (χ3v) is 7.53. The minimum atomic E-state index is -3.88. The highest BCUT2D eigenvalue weighted by molar-refractivity contribution is 7.99. The Labute approximate surface area is 203 Å². The number of carbonyl (C=O) groups excluding carboxylic acids is 1. The summed E-state index contributed by atoms with van der Waals surface area (Å²) in [7, 11) is -3.88. The van der Waals surface area contributed by atoms with E-state index in [1.807, 2.05) is 49.4 Å². The predicted octanol–water partition coefficient (Wildman–Crippen LogP) is 4.27. The minimum Gasteiger partial charge on any atom is -0.325 e. The lowest BCUT2D eigenvalue weighted by Crippen LogP contribution is -2.18. The van der Waals surface area contributed by atoms with Crippen molar-refractivity contribution in [2.75, 3.05) is 11.1 Å². The first-order valence-corrected chi connectivity index (χ1v) is 13.3. The van der Waals surface area contributed by atoms with Gasteiger partial charge in [-0.1, -0.05) is 54.2 Å². The molecule has 1 heterocycles. The molecule has 34 heavy (non-hydrogen) atoms. The second kappa shape index (κ2) is 10.0. The number of nitrogens with one attached hydrogen (secondary N) is 1. The smallest absolute Gasteiger partial charge is 0.238 e. The van der Waals surface area contributed by atoms with Crippen molar-refractivity contribution in [1.29, 1.82) is 0 Å². The van der Waals surface area contributed by atoms with Gasteiger partial charge in [0.05, 0.1) is 21.7 Å². The van der Waals surface area contributed by atoms with Crippen molar-refractivity contribution in [2.24, 2.45) is 5.14 Å². The summed E-state index contributed by atoms with van der Waals surface area (Å²) in [5.74, 6) is -0.118. The van der Waals surface area contributed by atoms with Gasteiger partial charge in [0.2, 0.25) is 15.9 Å². The van der Waals surface area contributed by atoms with Crippen LogP contribution in [0.3, 0.4) is 0 Å². The van der Waals surface area contributed by atoms with Gasteiger partial charge in [0.1, 0.15) is 0 Å². The maximum atomic E-state index is 12.8. The second-order valence-corrected chi connectivity index (χ2v) is 10.6. The largest absolute Gasteiger partial charge is 0.325 e. The molecule has 4 rings (SSSR count). The van der Waals surface area contributed by atoms with Crippen LogP contribution in [0.15, 0.2) is 76.8 Å². The number of benzene rings is 3. The molecule has 0 radical (unpaired) electrons. The third kappa shape index (κ3) is 5.49. The SMILES string of the molecule is Cc1cc(S(N)(=O)=O)cc(NC(=O)CSc2nc3ccccc3n2CCc2ccccc2)c1C. The van der Waals surface area contributed by atoms with Gasteiger partial charge in [-0.05, 0) is 61.2 Å². The molecule has 0 fully saturated rings. The minimum absolute atomic E-state index is 0.0266. The van der Waals surface area contributed by atoms with Gasteiger partial charge >= 0.3 is 0 Å². The number of imidazole rings is 1. The number of anilines is 1. The maximum Gasteiger partial charge on any atom is 0.238 e. The first-order valence-electron chi connectivity index (χ1n) is 10.8. The number of amides is 1. The van der Waals surface area contributed by atoms with E-state index in [0.29, 0.717) is 5.69 Å². The summed E-state index contributed by atoms with van der Waals surface area (Å²) < 4.78 is 25.7. The van der Waals surface area contributed by atoms with Crippen LogP contribution >= 0.6 is 11.8 Å². The number of nitrogens with zero attached hydrogens (tertiary/aromatic N) is 2. The van der Waals surface area contributed by atoms with Crippen LogP contribution in [0.25, 0.3) is 11.0 Å². The molecule has 7 nitrogen and oxygen atoms in total. The summed E-state index contributed by atoms with van der Waals surface area (Å²) in [6, 6.07) is 21.1. The van der Waals surface area contributed by atoms with E-state index >= 15 is 0 Å². The Morgan fingerprint density at radius 1 is 1.06 bits per heavy atom. The van der Waals surface area contributed by atoms with E-state index in [2.05, 4.69) is 22.0 Å². The molecule has 0 saturated heterocycles. The third-order valence-electron chi connectivity index (χ3n) is 5.66. The summed E-state index contributed by atoms with van der Waals surface area (Å²) in [5, 5.41) is 8.87. The lowest BCUT2D eigenvalue weighted by molar-refractivity contribution is -0.113. The van der Waals surface area contributed by atoms with Gasteiger partial charge in [0.15, 0.2) is 5.16 Å². The fraction of sp³-hybridized carbons (Fsp3) is 0.200. The van der Waals surface area contributed by atoms with E-state index in [1.165, 1.54) is 29.5 Å².